The Bertz CT molecular complexity index is 412. The number of carbonyl (C=O) groups is 1. The molecule has 0 N–H and O–H groups in total. The van der Waals surface area contributed by atoms with Crippen molar-refractivity contribution in [2.45, 2.75) is 38.3 Å². The minimum Gasteiger partial charge on any atom is -0.381 e. The highest BCUT2D eigenvalue weighted by Gasteiger charge is 2.33. The molecule has 0 unspecified atom stereocenters. The smallest absolute Gasteiger partial charge is 0.228 e. The lowest BCUT2D eigenvalue weighted by Gasteiger charge is -2.37. The van der Waals surface area contributed by atoms with E-state index in [0.717, 1.165) is 39.0 Å². The molecule has 1 aromatic heterocycles. The molecule has 19 heavy (non-hydrogen) atoms. The van der Waals surface area contributed by atoms with Crippen LogP contribution in [0.4, 0.5) is 0 Å². The van der Waals surface area contributed by atoms with Crippen molar-refractivity contribution in [1.29, 1.82) is 0 Å². The zero-order chi connectivity index (χ0) is 13.1. The van der Waals surface area contributed by atoms with Gasteiger partial charge in [-0.25, -0.2) is 0 Å². The molecule has 2 fully saturated rings. The Morgan fingerprint density at radius 3 is 3.05 bits per heavy atom. The molecule has 5 heteroatoms. The lowest BCUT2D eigenvalue weighted by atomic mass is 9.98. The summed E-state index contributed by atoms with van der Waals surface area (Å²) < 4.78 is 7.28. The summed E-state index contributed by atoms with van der Waals surface area (Å²) in [6.07, 6.45) is 8.05. The lowest BCUT2D eigenvalue weighted by molar-refractivity contribution is -0.139. The van der Waals surface area contributed by atoms with Gasteiger partial charge in [-0.2, -0.15) is 5.10 Å². The first-order valence-electron chi connectivity index (χ1n) is 7.20. The molecule has 0 bridgehead atoms. The van der Waals surface area contributed by atoms with E-state index in [1.54, 1.807) is 6.20 Å². The first-order chi connectivity index (χ1) is 9.34. The van der Waals surface area contributed by atoms with Crippen molar-refractivity contribution in [3.63, 3.8) is 0 Å². The van der Waals surface area contributed by atoms with Crippen LogP contribution in [0.25, 0.3) is 0 Å². The third kappa shape index (κ3) is 2.81. The van der Waals surface area contributed by atoms with E-state index in [9.17, 15) is 4.79 Å². The predicted molar refractivity (Wildman–Crippen MR) is 70.5 cm³/mol. The monoisotopic (exact) mass is 263 g/mol. The van der Waals surface area contributed by atoms with E-state index in [4.69, 9.17) is 4.74 Å². The van der Waals surface area contributed by atoms with E-state index >= 15 is 0 Å². The average Bonchev–Trinajstić information content (AvgIpc) is 3.11. The summed E-state index contributed by atoms with van der Waals surface area (Å²) in [6.45, 7) is 3.03. The fourth-order valence-corrected chi connectivity index (χ4v) is 3.07. The van der Waals surface area contributed by atoms with Crippen LogP contribution in [0, 0.1) is 5.92 Å². The van der Waals surface area contributed by atoms with E-state index in [1.807, 2.05) is 16.9 Å². The van der Waals surface area contributed by atoms with Crippen LogP contribution in [0.5, 0.6) is 0 Å². The van der Waals surface area contributed by atoms with E-state index in [1.165, 1.54) is 6.42 Å². The number of likely N-dealkylation sites (tertiary alicyclic amines) is 1. The van der Waals surface area contributed by atoms with Gasteiger partial charge in [-0.3, -0.25) is 9.48 Å². The van der Waals surface area contributed by atoms with Gasteiger partial charge in [0.15, 0.2) is 0 Å². The largest absolute Gasteiger partial charge is 0.381 e. The summed E-state index contributed by atoms with van der Waals surface area (Å²) in [5.41, 5.74) is 0. The van der Waals surface area contributed by atoms with E-state index in [0.29, 0.717) is 12.6 Å². The van der Waals surface area contributed by atoms with Gasteiger partial charge >= 0.3 is 0 Å². The second-order valence-corrected chi connectivity index (χ2v) is 5.47. The normalized spacial score (nSPS) is 27.7. The maximum atomic E-state index is 12.6. The number of carbonyl (C=O) groups excluding carboxylic acids is 1. The second-order valence-electron chi connectivity index (χ2n) is 5.47. The zero-order valence-electron chi connectivity index (χ0n) is 11.2. The fourth-order valence-electron chi connectivity index (χ4n) is 3.07. The molecule has 0 aromatic carbocycles. The Labute approximate surface area is 113 Å². The molecular formula is C14H21N3O2. The fraction of sp³-hybridized carbons (Fsp3) is 0.714. The predicted octanol–water partition coefficient (Wildman–Crippen LogP) is 1.30. The SMILES string of the molecule is O=C([C@H]1CCOC1)N1CCCC[C@@H]1Cn1cccn1. The van der Waals surface area contributed by atoms with Crippen LogP contribution in [0.2, 0.25) is 0 Å². The summed E-state index contributed by atoms with van der Waals surface area (Å²) in [7, 11) is 0. The third-order valence-electron chi connectivity index (χ3n) is 4.15. The minimum atomic E-state index is 0.0817. The third-order valence-corrected chi connectivity index (χ3v) is 4.15. The number of hydrogen-bond donors (Lipinski definition) is 0. The Kier molecular flexibility index (Phi) is 3.82. The maximum absolute atomic E-state index is 12.6. The maximum Gasteiger partial charge on any atom is 0.228 e. The molecule has 0 aliphatic carbocycles. The van der Waals surface area contributed by atoms with Gasteiger partial charge in [-0.15, -0.1) is 0 Å². The zero-order valence-corrected chi connectivity index (χ0v) is 11.2. The van der Waals surface area contributed by atoms with Crippen molar-refractivity contribution in [2.24, 2.45) is 5.92 Å². The van der Waals surface area contributed by atoms with Crippen LogP contribution < -0.4 is 0 Å². The molecule has 2 aliphatic rings. The summed E-state index contributed by atoms with van der Waals surface area (Å²) in [5.74, 6) is 0.368. The Hall–Kier alpha value is -1.36. The van der Waals surface area contributed by atoms with Gasteiger partial charge in [0.25, 0.3) is 0 Å². The number of ether oxygens (including phenoxy) is 1. The minimum absolute atomic E-state index is 0.0817. The van der Waals surface area contributed by atoms with Crippen molar-refractivity contribution >= 4 is 5.91 Å². The highest BCUT2D eigenvalue weighted by Crippen LogP contribution is 2.23. The van der Waals surface area contributed by atoms with Crippen molar-refractivity contribution in [3.05, 3.63) is 18.5 Å². The van der Waals surface area contributed by atoms with E-state index in [2.05, 4.69) is 10.00 Å². The lowest BCUT2D eigenvalue weighted by Crippen LogP contribution is -2.48. The molecule has 3 rings (SSSR count). The van der Waals surface area contributed by atoms with Crippen LogP contribution in [0.15, 0.2) is 18.5 Å². The van der Waals surface area contributed by atoms with Crippen LogP contribution in [0.1, 0.15) is 25.7 Å². The summed E-state index contributed by atoms with van der Waals surface area (Å²) in [5, 5.41) is 4.26. The highest BCUT2D eigenvalue weighted by molar-refractivity contribution is 5.79. The summed E-state index contributed by atoms with van der Waals surface area (Å²) in [4.78, 5) is 14.6. The Balaban J connectivity index is 1.67. The van der Waals surface area contributed by atoms with Gasteiger partial charge in [0, 0.05) is 25.5 Å². The molecule has 2 saturated heterocycles. The van der Waals surface area contributed by atoms with Gasteiger partial charge < -0.3 is 9.64 Å². The van der Waals surface area contributed by atoms with Gasteiger partial charge in [0.1, 0.15) is 0 Å². The molecule has 0 saturated carbocycles. The van der Waals surface area contributed by atoms with Crippen molar-refractivity contribution in [3.8, 4) is 0 Å². The molecule has 0 spiro atoms. The highest BCUT2D eigenvalue weighted by atomic mass is 16.5. The second kappa shape index (κ2) is 5.74. The Morgan fingerprint density at radius 1 is 1.37 bits per heavy atom. The summed E-state index contributed by atoms with van der Waals surface area (Å²) in [6, 6.07) is 2.22. The van der Waals surface area contributed by atoms with Crippen LogP contribution >= 0.6 is 0 Å². The molecule has 5 nitrogen and oxygen atoms in total. The number of hydrogen-bond acceptors (Lipinski definition) is 3. The number of piperidine rings is 1. The van der Waals surface area contributed by atoms with Gasteiger partial charge in [0.2, 0.25) is 5.91 Å². The van der Waals surface area contributed by atoms with Crippen LogP contribution in [-0.4, -0.2) is 46.4 Å². The number of nitrogens with zero attached hydrogens (tertiary/aromatic N) is 3. The topological polar surface area (TPSA) is 47.4 Å². The van der Waals surface area contributed by atoms with Crippen LogP contribution in [-0.2, 0) is 16.1 Å². The molecule has 2 atom stereocenters. The molecule has 1 amide bonds. The van der Waals surface area contributed by atoms with Crippen LogP contribution in [0.3, 0.4) is 0 Å². The van der Waals surface area contributed by atoms with Gasteiger partial charge in [0.05, 0.1) is 25.1 Å². The van der Waals surface area contributed by atoms with Crippen molar-refractivity contribution < 1.29 is 9.53 Å². The standard InChI is InChI=1S/C14H21N3O2/c18-14(12-5-9-19-11-12)17-8-2-1-4-13(17)10-16-7-3-6-15-16/h3,6-7,12-13H,1-2,4-5,8-11H2/t12-,13+/m0/s1. The first-order valence-corrected chi connectivity index (χ1v) is 7.20. The molecule has 1 aromatic rings. The van der Waals surface area contributed by atoms with Crippen molar-refractivity contribution in [2.75, 3.05) is 19.8 Å². The van der Waals surface area contributed by atoms with E-state index in [-0.39, 0.29) is 11.8 Å². The number of amides is 1. The molecule has 2 aliphatic heterocycles. The average molecular weight is 263 g/mol. The summed E-state index contributed by atoms with van der Waals surface area (Å²) >= 11 is 0. The molecule has 104 valence electrons. The van der Waals surface area contributed by atoms with Gasteiger partial charge in [-0.05, 0) is 31.7 Å². The number of rotatable bonds is 3. The van der Waals surface area contributed by atoms with Gasteiger partial charge in [-0.1, -0.05) is 0 Å². The van der Waals surface area contributed by atoms with E-state index < -0.39 is 0 Å². The van der Waals surface area contributed by atoms with Crippen molar-refractivity contribution in [1.82, 2.24) is 14.7 Å². The Morgan fingerprint density at radius 2 is 2.32 bits per heavy atom. The molecule has 3 heterocycles. The first kappa shape index (κ1) is 12.7. The number of aromatic nitrogens is 2. The molecular weight excluding hydrogens is 242 g/mol. The quantitative estimate of drug-likeness (QED) is 0.826. The molecule has 0 radical (unpaired) electrons.